The Hall–Kier alpha value is -2.99. The summed E-state index contributed by atoms with van der Waals surface area (Å²) in [7, 11) is 0. The summed E-state index contributed by atoms with van der Waals surface area (Å²) in [6.45, 7) is 1.60. The molecule has 3 aromatic rings. The first-order valence-electron chi connectivity index (χ1n) is 7.41. The fraction of sp³-hybridized carbons (Fsp3) is 0.111. The second-order valence-corrected chi connectivity index (χ2v) is 5.32. The van der Waals surface area contributed by atoms with E-state index < -0.39 is 5.82 Å². The van der Waals surface area contributed by atoms with Crippen LogP contribution in [0.5, 0.6) is 0 Å². The van der Waals surface area contributed by atoms with Gasteiger partial charge in [0, 0.05) is 5.69 Å². The molecule has 0 radical (unpaired) electrons. The second kappa shape index (κ2) is 6.64. The molecule has 0 saturated carbocycles. The molecule has 2 N–H and O–H groups in total. The lowest BCUT2D eigenvalue weighted by atomic mass is 10.2. The Balaban J connectivity index is 1.88. The molecular weight excluding hydrogens is 309 g/mol. The fourth-order valence-electron chi connectivity index (χ4n) is 2.44. The molecule has 3 rings (SSSR count). The molecule has 0 spiro atoms. The fourth-order valence-corrected chi connectivity index (χ4v) is 2.44. The van der Waals surface area contributed by atoms with E-state index in [1.165, 1.54) is 16.9 Å². The molecule has 0 saturated heterocycles. The first-order chi connectivity index (χ1) is 11.6. The summed E-state index contributed by atoms with van der Waals surface area (Å²) in [6, 6.07) is 13.2. The van der Waals surface area contributed by atoms with Crippen LogP contribution in [0.15, 0.2) is 54.7 Å². The van der Waals surface area contributed by atoms with Gasteiger partial charge < -0.3 is 10.4 Å². The quantitative estimate of drug-likeness (QED) is 0.775. The smallest absolute Gasteiger partial charge is 0.259 e. The molecule has 1 aromatic heterocycles. The van der Waals surface area contributed by atoms with Crippen LogP contribution in [0, 0.1) is 12.7 Å². The van der Waals surface area contributed by atoms with Crippen LogP contribution in [-0.2, 0) is 6.61 Å². The van der Waals surface area contributed by atoms with E-state index in [0.29, 0.717) is 22.5 Å². The first-order valence-corrected chi connectivity index (χ1v) is 7.41. The first kappa shape index (κ1) is 15.9. The lowest BCUT2D eigenvalue weighted by Crippen LogP contribution is -2.13. The second-order valence-electron chi connectivity index (χ2n) is 5.32. The average molecular weight is 325 g/mol. The van der Waals surface area contributed by atoms with Gasteiger partial charge in [-0.3, -0.25) is 4.79 Å². The molecule has 0 bridgehead atoms. The summed E-state index contributed by atoms with van der Waals surface area (Å²) >= 11 is 0. The summed E-state index contributed by atoms with van der Waals surface area (Å²) in [4.78, 5) is 12.4. The number of hydrogen-bond donors (Lipinski definition) is 2. The highest BCUT2D eigenvalue weighted by Gasteiger charge is 2.17. The van der Waals surface area contributed by atoms with Crippen molar-refractivity contribution in [1.29, 1.82) is 0 Å². The molecular formula is C18H16FN3O2. The maximum Gasteiger partial charge on any atom is 0.259 e. The Kier molecular flexibility index (Phi) is 4.39. The number of benzene rings is 2. The number of amides is 1. The van der Waals surface area contributed by atoms with Gasteiger partial charge in [-0.1, -0.05) is 24.3 Å². The molecule has 1 amide bonds. The third-order valence-corrected chi connectivity index (χ3v) is 3.70. The maximum absolute atomic E-state index is 13.9. The molecule has 6 heteroatoms. The van der Waals surface area contributed by atoms with Crippen LogP contribution >= 0.6 is 0 Å². The van der Waals surface area contributed by atoms with E-state index in [2.05, 4.69) is 10.4 Å². The van der Waals surface area contributed by atoms with Crippen LogP contribution in [0.4, 0.5) is 10.1 Å². The van der Waals surface area contributed by atoms with E-state index in [4.69, 9.17) is 5.11 Å². The number of carbonyl (C=O) groups excluding carboxylic acids is 1. The van der Waals surface area contributed by atoms with Crippen molar-refractivity contribution in [2.45, 2.75) is 13.5 Å². The van der Waals surface area contributed by atoms with Crippen molar-refractivity contribution in [3.63, 3.8) is 0 Å². The molecule has 122 valence electrons. The predicted octanol–water partition coefficient (Wildman–Crippen LogP) is 3.06. The van der Waals surface area contributed by atoms with Gasteiger partial charge in [0.2, 0.25) is 0 Å². The molecule has 0 aliphatic carbocycles. The monoisotopic (exact) mass is 325 g/mol. The Bertz CT molecular complexity index is 889. The van der Waals surface area contributed by atoms with E-state index >= 15 is 0 Å². The molecule has 0 aliphatic rings. The minimum atomic E-state index is -0.411. The molecule has 0 fully saturated rings. The average Bonchev–Trinajstić information content (AvgIpc) is 2.97. The van der Waals surface area contributed by atoms with Crippen LogP contribution in [0.25, 0.3) is 5.69 Å². The van der Waals surface area contributed by atoms with Crippen molar-refractivity contribution >= 4 is 11.6 Å². The number of hydrogen-bond acceptors (Lipinski definition) is 3. The van der Waals surface area contributed by atoms with E-state index in [-0.39, 0.29) is 18.2 Å². The number of para-hydroxylation sites is 1. The van der Waals surface area contributed by atoms with E-state index in [1.54, 1.807) is 49.4 Å². The van der Waals surface area contributed by atoms with Crippen molar-refractivity contribution in [3.8, 4) is 5.69 Å². The van der Waals surface area contributed by atoms with Crippen molar-refractivity contribution < 1.29 is 14.3 Å². The number of nitrogens with one attached hydrogen (secondary N) is 1. The van der Waals surface area contributed by atoms with Crippen LogP contribution in [0.1, 0.15) is 21.6 Å². The lowest BCUT2D eigenvalue weighted by molar-refractivity contribution is 0.102. The molecule has 5 nitrogen and oxygen atoms in total. The van der Waals surface area contributed by atoms with Gasteiger partial charge in [-0.25, -0.2) is 9.07 Å². The number of anilines is 1. The summed E-state index contributed by atoms with van der Waals surface area (Å²) < 4.78 is 15.3. The number of halogens is 1. The highest BCUT2D eigenvalue weighted by molar-refractivity contribution is 6.05. The molecule has 0 unspecified atom stereocenters. The van der Waals surface area contributed by atoms with Crippen molar-refractivity contribution in [1.82, 2.24) is 9.78 Å². The zero-order valence-electron chi connectivity index (χ0n) is 13.0. The highest BCUT2D eigenvalue weighted by atomic mass is 19.1. The highest BCUT2D eigenvalue weighted by Crippen LogP contribution is 2.18. The van der Waals surface area contributed by atoms with E-state index in [0.717, 1.165) is 0 Å². The van der Waals surface area contributed by atoms with Gasteiger partial charge in [-0.15, -0.1) is 0 Å². The van der Waals surface area contributed by atoms with Crippen LogP contribution in [0.2, 0.25) is 0 Å². The van der Waals surface area contributed by atoms with Gasteiger partial charge in [0.25, 0.3) is 5.91 Å². The number of carbonyl (C=O) groups is 1. The zero-order valence-corrected chi connectivity index (χ0v) is 13.0. The Morgan fingerprint density at radius 1 is 1.25 bits per heavy atom. The minimum Gasteiger partial charge on any atom is -0.392 e. The van der Waals surface area contributed by atoms with Crippen LogP contribution < -0.4 is 5.32 Å². The number of nitrogens with zero attached hydrogens (tertiary/aromatic N) is 2. The summed E-state index contributed by atoms with van der Waals surface area (Å²) in [5, 5.41) is 16.0. The normalized spacial score (nSPS) is 10.6. The molecule has 1 heterocycles. The number of rotatable bonds is 4. The number of aromatic nitrogens is 2. The predicted molar refractivity (Wildman–Crippen MR) is 88.6 cm³/mol. The van der Waals surface area contributed by atoms with Gasteiger partial charge in [-0.2, -0.15) is 5.10 Å². The van der Waals surface area contributed by atoms with Crippen LogP contribution in [0.3, 0.4) is 0 Å². The number of aliphatic hydroxyl groups is 1. The summed E-state index contributed by atoms with van der Waals surface area (Å²) in [5.41, 5.74) is 2.45. The Morgan fingerprint density at radius 3 is 2.79 bits per heavy atom. The number of aliphatic hydroxyl groups excluding tert-OH is 1. The van der Waals surface area contributed by atoms with Crippen LogP contribution in [-0.4, -0.2) is 20.8 Å². The van der Waals surface area contributed by atoms with Gasteiger partial charge in [-0.05, 0) is 36.8 Å². The van der Waals surface area contributed by atoms with Crippen molar-refractivity contribution in [3.05, 3.63) is 77.4 Å². The zero-order chi connectivity index (χ0) is 17.1. The Morgan fingerprint density at radius 2 is 2.04 bits per heavy atom. The third-order valence-electron chi connectivity index (χ3n) is 3.70. The summed E-state index contributed by atoms with van der Waals surface area (Å²) in [5.74, 6) is -0.753. The van der Waals surface area contributed by atoms with E-state index in [9.17, 15) is 9.18 Å². The van der Waals surface area contributed by atoms with Gasteiger partial charge in [0.1, 0.15) is 11.5 Å². The standard InChI is InChI=1S/C18H16FN3O2/c1-12-15(10-20-22(12)17-8-3-2-7-16(17)19)18(24)21-14-6-4-5-13(9-14)11-23/h2-10,23H,11H2,1H3,(H,21,24). The molecule has 0 atom stereocenters. The topological polar surface area (TPSA) is 67.2 Å². The van der Waals surface area contributed by atoms with Gasteiger partial charge >= 0.3 is 0 Å². The minimum absolute atomic E-state index is 0.103. The maximum atomic E-state index is 13.9. The molecule has 24 heavy (non-hydrogen) atoms. The molecule has 0 aliphatic heterocycles. The Labute approximate surface area is 138 Å². The summed E-state index contributed by atoms with van der Waals surface area (Å²) in [6.07, 6.45) is 1.41. The third kappa shape index (κ3) is 3.04. The largest absolute Gasteiger partial charge is 0.392 e. The SMILES string of the molecule is Cc1c(C(=O)Nc2cccc(CO)c2)cnn1-c1ccccc1F. The molecule has 2 aromatic carbocycles. The van der Waals surface area contributed by atoms with Gasteiger partial charge in [0.15, 0.2) is 0 Å². The van der Waals surface area contributed by atoms with E-state index in [1.807, 2.05) is 0 Å². The lowest BCUT2D eigenvalue weighted by Gasteiger charge is -2.08. The van der Waals surface area contributed by atoms with Gasteiger partial charge in [0.05, 0.1) is 24.1 Å². The van der Waals surface area contributed by atoms with Crippen molar-refractivity contribution in [2.75, 3.05) is 5.32 Å². The van der Waals surface area contributed by atoms with Crippen molar-refractivity contribution in [2.24, 2.45) is 0 Å².